The smallest absolute Gasteiger partial charge is 0.229 e. The molecule has 0 aliphatic heterocycles. The van der Waals surface area contributed by atoms with E-state index >= 15 is 0 Å². The van der Waals surface area contributed by atoms with Crippen molar-refractivity contribution in [2.75, 3.05) is 18.6 Å². The average Bonchev–Trinajstić information content (AvgIpc) is 2.57. The molecule has 0 radical (unpaired) electrons. The molecule has 1 aromatic rings. The molecule has 13 heavy (non-hydrogen) atoms. The second-order valence-electron chi connectivity index (χ2n) is 2.57. The molecule has 0 atom stereocenters. The zero-order valence-corrected chi connectivity index (χ0v) is 8.36. The highest BCUT2D eigenvalue weighted by Gasteiger charge is 1.99. The van der Waals surface area contributed by atoms with Crippen molar-refractivity contribution in [1.82, 2.24) is 15.3 Å². The predicted octanol–water partition coefficient (Wildman–Crippen LogP) is 0.431. The van der Waals surface area contributed by atoms with E-state index in [1.54, 1.807) is 12.4 Å². The van der Waals surface area contributed by atoms with Crippen LogP contribution in [-0.2, 0) is 11.2 Å². The third kappa shape index (κ3) is 3.98. The topological polar surface area (TPSA) is 57.8 Å². The molecule has 1 aromatic heterocycles. The maximum Gasteiger partial charge on any atom is 0.229 e. The predicted molar refractivity (Wildman–Crippen MR) is 53.7 cm³/mol. The van der Waals surface area contributed by atoms with Gasteiger partial charge in [-0.15, -0.1) is 0 Å². The van der Waals surface area contributed by atoms with Gasteiger partial charge in [-0.05, 0) is 6.26 Å². The van der Waals surface area contributed by atoms with Crippen molar-refractivity contribution in [3.63, 3.8) is 0 Å². The molecule has 0 aromatic carbocycles. The number of hydrogen-bond acceptors (Lipinski definition) is 3. The highest BCUT2D eigenvalue weighted by atomic mass is 32.2. The number of carbonyl (C=O) groups excluding carboxylic acids is 1. The van der Waals surface area contributed by atoms with Gasteiger partial charge in [-0.3, -0.25) is 4.79 Å². The molecule has 0 aliphatic rings. The number of carbonyl (C=O) groups is 1. The lowest BCUT2D eigenvalue weighted by Crippen LogP contribution is -2.27. The quantitative estimate of drug-likeness (QED) is 0.723. The van der Waals surface area contributed by atoms with Crippen molar-refractivity contribution in [2.24, 2.45) is 0 Å². The van der Waals surface area contributed by atoms with Crippen LogP contribution in [0.15, 0.2) is 12.4 Å². The van der Waals surface area contributed by atoms with Gasteiger partial charge in [-0.25, -0.2) is 4.98 Å². The minimum Gasteiger partial charge on any atom is -0.355 e. The van der Waals surface area contributed by atoms with Crippen molar-refractivity contribution in [3.8, 4) is 0 Å². The van der Waals surface area contributed by atoms with Gasteiger partial charge in [0.2, 0.25) is 5.91 Å². The summed E-state index contributed by atoms with van der Waals surface area (Å²) in [5.41, 5.74) is 0. The molecule has 5 heteroatoms. The van der Waals surface area contributed by atoms with Crippen LogP contribution in [0.1, 0.15) is 5.82 Å². The summed E-state index contributed by atoms with van der Waals surface area (Å²) in [6.45, 7) is 0.646. The molecule has 2 N–H and O–H groups in total. The van der Waals surface area contributed by atoms with E-state index in [-0.39, 0.29) is 5.91 Å². The van der Waals surface area contributed by atoms with Crippen LogP contribution < -0.4 is 5.32 Å². The minimum atomic E-state index is 0.0825. The Labute approximate surface area is 81.5 Å². The summed E-state index contributed by atoms with van der Waals surface area (Å²) >= 11 is 1.52. The zero-order valence-electron chi connectivity index (χ0n) is 7.54. The van der Waals surface area contributed by atoms with Gasteiger partial charge in [-0.2, -0.15) is 11.8 Å². The lowest BCUT2D eigenvalue weighted by molar-refractivity contribution is -0.118. The van der Waals surface area contributed by atoms with Gasteiger partial charge in [0.1, 0.15) is 5.82 Å². The highest BCUT2D eigenvalue weighted by Crippen LogP contribution is 1.91. The van der Waals surface area contributed by atoms with E-state index < -0.39 is 0 Å². The zero-order chi connectivity index (χ0) is 9.52. The van der Waals surface area contributed by atoms with Gasteiger partial charge >= 0.3 is 0 Å². The molecule has 72 valence electrons. The third-order valence-corrected chi connectivity index (χ3v) is 2.07. The molecule has 0 fully saturated rings. The molecule has 0 saturated heterocycles. The van der Waals surface area contributed by atoms with Crippen LogP contribution in [-0.4, -0.2) is 34.4 Å². The molecular weight excluding hydrogens is 186 g/mol. The lowest BCUT2D eigenvalue weighted by atomic mass is 10.4. The third-order valence-electron chi connectivity index (χ3n) is 1.51. The van der Waals surface area contributed by atoms with Crippen molar-refractivity contribution in [1.29, 1.82) is 0 Å². The standard InChI is InChI=1S/C8H13N3OS/c1-13-6-8(12)11-3-2-7-9-4-5-10-7/h4-5H,2-3,6H2,1H3,(H,9,10)(H,11,12). The van der Waals surface area contributed by atoms with Crippen LogP contribution >= 0.6 is 11.8 Å². The van der Waals surface area contributed by atoms with E-state index in [1.165, 1.54) is 11.8 Å². The van der Waals surface area contributed by atoms with Crippen molar-refractivity contribution in [3.05, 3.63) is 18.2 Å². The van der Waals surface area contributed by atoms with Crippen molar-refractivity contribution < 1.29 is 4.79 Å². The molecule has 0 saturated carbocycles. The normalized spacial score (nSPS) is 9.92. The van der Waals surface area contributed by atoms with Gasteiger partial charge in [0.15, 0.2) is 0 Å². The second-order valence-corrected chi connectivity index (χ2v) is 3.43. The Balaban J connectivity index is 2.11. The second kappa shape index (κ2) is 5.64. The van der Waals surface area contributed by atoms with E-state index in [0.29, 0.717) is 12.3 Å². The first-order chi connectivity index (χ1) is 6.33. The maximum atomic E-state index is 11.0. The largest absolute Gasteiger partial charge is 0.355 e. The van der Waals surface area contributed by atoms with Crippen LogP contribution in [0.25, 0.3) is 0 Å². The van der Waals surface area contributed by atoms with Gasteiger partial charge in [-0.1, -0.05) is 0 Å². The summed E-state index contributed by atoms with van der Waals surface area (Å²) in [7, 11) is 0. The Kier molecular flexibility index (Phi) is 4.39. The average molecular weight is 199 g/mol. The molecule has 0 spiro atoms. The SMILES string of the molecule is CSCC(=O)NCCc1ncc[nH]1. The van der Waals surface area contributed by atoms with Crippen LogP contribution in [0.5, 0.6) is 0 Å². The van der Waals surface area contributed by atoms with Gasteiger partial charge < -0.3 is 10.3 Å². The number of amides is 1. The van der Waals surface area contributed by atoms with E-state index in [4.69, 9.17) is 0 Å². The summed E-state index contributed by atoms with van der Waals surface area (Å²) in [4.78, 5) is 18.0. The van der Waals surface area contributed by atoms with Gasteiger partial charge in [0.25, 0.3) is 0 Å². The Morgan fingerprint density at radius 1 is 1.77 bits per heavy atom. The number of nitrogens with zero attached hydrogens (tertiary/aromatic N) is 1. The summed E-state index contributed by atoms with van der Waals surface area (Å²) in [5, 5.41) is 2.80. The van der Waals surface area contributed by atoms with Crippen molar-refractivity contribution in [2.45, 2.75) is 6.42 Å². The first kappa shape index (κ1) is 10.1. The minimum absolute atomic E-state index is 0.0825. The molecule has 1 heterocycles. The highest BCUT2D eigenvalue weighted by molar-refractivity contribution is 7.99. The number of imidazole rings is 1. The molecular formula is C8H13N3OS. The summed E-state index contributed by atoms with van der Waals surface area (Å²) in [5.74, 6) is 1.52. The maximum absolute atomic E-state index is 11.0. The summed E-state index contributed by atoms with van der Waals surface area (Å²) in [6, 6.07) is 0. The Morgan fingerprint density at radius 2 is 2.62 bits per heavy atom. The number of hydrogen-bond donors (Lipinski definition) is 2. The molecule has 0 aliphatic carbocycles. The summed E-state index contributed by atoms with van der Waals surface area (Å²) in [6.07, 6.45) is 6.15. The fourth-order valence-electron chi connectivity index (χ4n) is 0.937. The summed E-state index contributed by atoms with van der Waals surface area (Å²) < 4.78 is 0. The molecule has 1 amide bonds. The number of rotatable bonds is 5. The molecule has 0 unspecified atom stereocenters. The van der Waals surface area contributed by atoms with Crippen LogP contribution in [0.4, 0.5) is 0 Å². The first-order valence-electron chi connectivity index (χ1n) is 4.07. The number of H-pyrrole nitrogens is 1. The molecule has 0 bridgehead atoms. The van der Waals surface area contributed by atoms with Gasteiger partial charge in [0, 0.05) is 25.4 Å². The van der Waals surface area contributed by atoms with E-state index in [0.717, 1.165) is 12.2 Å². The lowest BCUT2D eigenvalue weighted by Gasteiger charge is -2.01. The number of nitrogens with one attached hydrogen (secondary N) is 2. The van der Waals surface area contributed by atoms with Crippen molar-refractivity contribution >= 4 is 17.7 Å². The molecule has 4 nitrogen and oxygen atoms in total. The number of aromatic amines is 1. The number of aromatic nitrogens is 2. The Morgan fingerprint density at radius 3 is 3.23 bits per heavy atom. The fraction of sp³-hybridized carbons (Fsp3) is 0.500. The monoisotopic (exact) mass is 199 g/mol. The van der Waals surface area contributed by atoms with Crippen LogP contribution in [0, 0.1) is 0 Å². The molecule has 1 rings (SSSR count). The van der Waals surface area contributed by atoms with Crippen LogP contribution in [0.3, 0.4) is 0 Å². The Bertz CT molecular complexity index is 248. The first-order valence-corrected chi connectivity index (χ1v) is 5.46. The Hall–Kier alpha value is -0.970. The van der Waals surface area contributed by atoms with E-state index in [2.05, 4.69) is 15.3 Å². The van der Waals surface area contributed by atoms with E-state index in [1.807, 2.05) is 6.26 Å². The fourth-order valence-corrected chi connectivity index (χ4v) is 1.30. The van der Waals surface area contributed by atoms with Crippen LogP contribution in [0.2, 0.25) is 0 Å². The van der Waals surface area contributed by atoms with Gasteiger partial charge in [0.05, 0.1) is 5.75 Å². The number of thioether (sulfide) groups is 1. The van der Waals surface area contributed by atoms with E-state index in [9.17, 15) is 4.79 Å².